The Morgan fingerprint density at radius 2 is 2.00 bits per heavy atom. The van der Waals surface area contributed by atoms with E-state index < -0.39 is 0 Å². The molecule has 3 aromatic rings. The van der Waals surface area contributed by atoms with Crippen LogP contribution in [0.1, 0.15) is 29.0 Å². The quantitative estimate of drug-likeness (QED) is 0.606. The molecule has 1 amide bonds. The maximum absolute atomic E-state index is 13.7. The molecule has 0 bridgehead atoms. The average molecular weight is 436 g/mol. The third-order valence-corrected chi connectivity index (χ3v) is 6.44. The van der Waals surface area contributed by atoms with Crippen molar-refractivity contribution < 1.29 is 9.53 Å². The zero-order valence-electron chi connectivity index (χ0n) is 17.1. The molecule has 2 aliphatic rings. The van der Waals surface area contributed by atoms with Crippen LogP contribution in [0.2, 0.25) is 5.02 Å². The molecular weight excluding hydrogens is 414 g/mol. The van der Waals surface area contributed by atoms with Crippen molar-refractivity contribution in [3.63, 3.8) is 0 Å². The molecule has 0 spiro atoms. The van der Waals surface area contributed by atoms with E-state index in [2.05, 4.69) is 19.9 Å². The van der Waals surface area contributed by atoms with E-state index in [1.165, 1.54) is 0 Å². The van der Waals surface area contributed by atoms with Gasteiger partial charge in [-0.05, 0) is 55.9 Å². The van der Waals surface area contributed by atoms with Gasteiger partial charge in [0, 0.05) is 41.9 Å². The first-order valence-electron chi connectivity index (χ1n) is 10.4. The topological polar surface area (TPSA) is 81.1 Å². The van der Waals surface area contributed by atoms with Gasteiger partial charge in [0.2, 0.25) is 5.88 Å². The summed E-state index contributed by atoms with van der Waals surface area (Å²) in [6, 6.07) is 8.87. The number of hydrogen-bond acceptors (Lipinski definition) is 6. The lowest BCUT2D eigenvalue weighted by molar-refractivity contribution is 0.0641. The standard InChI is InChI=1S/C23H22ClN5O2/c1-14-3-5-18(22-26-8-2-9-27-22)21(28-14)23(30)29-12-15-4-6-17(15)19(29)13-31-20-11-16(24)7-10-25-20/h2-3,5,7-11,15,17,19H,4,6,12-13H2,1H3. The third kappa shape index (κ3) is 3.85. The Labute approximate surface area is 185 Å². The van der Waals surface area contributed by atoms with Crippen LogP contribution >= 0.6 is 11.6 Å². The van der Waals surface area contributed by atoms with Gasteiger partial charge in [-0.3, -0.25) is 4.79 Å². The largest absolute Gasteiger partial charge is 0.475 e. The van der Waals surface area contributed by atoms with Crippen LogP contribution in [0.15, 0.2) is 48.9 Å². The van der Waals surface area contributed by atoms with E-state index in [9.17, 15) is 4.79 Å². The summed E-state index contributed by atoms with van der Waals surface area (Å²) in [7, 11) is 0. The molecule has 31 heavy (non-hydrogen) atoms. The predicted octanol–water partition coefficient (Wildman–Crippen LogP) is 3.83. The number of rotatable bonds is 5. The molecule has 1 saturated heterocycles. The monoisotopic (exact) mass is 435 g/mol. The number of aromatic nitrogens is 4. The molecule has 2 fully saturated rings. The molecule has 1 aliphatic carbocycles. The van der Waals surface area contributed by atoms with E-state index in [0.29, 0.717) is 53.0 Å². The van der Waals surface area contributed by atoms with Gasteiger partial charge in [-0.15, -0.1) is 0 Å². The fraction of sp³-hybridized carbons (Fsp3) is 0.348. The number of pyridine rings is 2. The highest BCUT2D eigenvalue weighted by molar-refractivity contribution is 6.30. The Morgan fingerprint density at radius 1 is 1.16 bits per heavy atom. The molecule has 3 atom stereocenters. The van der Waals surface area contributed by atoms with Crippen molar-refractivity contribution in [1.82, 2.24) is 24.8 Å². The van der Waals surface area contributed by atoms with Crippen molar-refractivity contribution in [3.05, 3.63) is 65.3 Å². The minimum absolute atomic E-state index is 0.0288. The fourth-order valence-corrected chi connectivity index (χ4v) is 4.65. The van der Waals surface area contributed by atoms with Crippen molar-refractivity contribution in [2.24, 2.45) is 11.8 Å². The molecule has 158 valence electrons. The van der Waals surface area contributed by atoms with Crippen LogP contribution in [0.5, 0.6) is 5.88 Å². The predicted molar refractivity (Wildman–Crippen MR) is 116 cm³/mol. The number of halogens is 1. The first-order chi connectivity index (χ1) is 15.1. The number of ether oxygens (including phenoxy) is 1. The Bertz CT molecular complexity index is 1110. The SMILES string of the molecule is Cc1ccc(-c2ncccn2)c(C(=O)N2CC3CCC3C2COc2cc(Cl)ccn2)n1. The number of nitrogens with zero attached hydrogens (tertiary/aromatic N) is 5. The second-order valence-electron chi connectivity index (χ2n) is 8.07. The van der Waals surface area contributed by atoms with E-state index in [-0.39, 0.29) is 11.9 Å². The summed E-state index contributed by atoms with van der Waals surface area (Å²) < 4.78 is 5.94. The number of amides is 1. The van der Waals surface area contributed by atoms with Crippen molar-refractivity contribution in [1.29, 1.82) is 0 Å². The first kappa shape index (κ1) is 19.9. The molecule has 5 rings (SSSR count). The molecular formula is C23H22ClN5O2. The van der Waals surface area contributed by atoms with E-state index >= 15 is 0 Å². The fourth-order valence-electron chi connectivity index (χ4n) is 4.50. The molecule has 3 unspecified atom stereocenters. The zero-order chi connectivity index (χ0) is 21.4. The molecule has 8 heteroatoms. The Morgan fingerprint density at radius 3 is 2.74 bits per heavy atom. The van der Waals surface area contributed by atoms with Crippen molar-refractivity contribution in [2.75, 3.05) is 13.2 Å². The van der Waals surface area contributed by atoms with Crippen LogP contribution in [-0.2, 0) is 0 Å². The molecule has 7 nitrogen and oxygen atoms in total. The van der Waals surface area contributed by atoms with Crippen LogP contribution in [-0.4, -0.2) is 49.9 Å². The van der Waals surface area contributed by atoms with Gasteiger partial charge in [-0.25, -0.2) is 19.9 Å². The molecule has 3 aromatic heterocycles. The number of hydrogen-bond donors (Lipinski definition) is 0. The van der Waals surface area contributed by atoms with E-state index in [4.69, 9.17) is 16.3 Å². The Hall–Kier alpha value is -3.06. The summed E-state index contributed by atoms with van der Waals surface area (Å²) in [6.45, 7) is 2.97. The van der Waals surface area contributed by atoms with E-state index in [1.807, 2.05) is 24.0 Å². The second-order valence-corrected chi connectivity index (χ2v) is 8.51. The van der Waals surface area contributed by atoms with Gasteiger partial charge in [0.05, 0.1) is 11.6 Å². The summed E-state index contributed by atoms with van der Waals surface area (Å²) in [6.07, 6.45) is 7.18. The van der Waals surface area contributed by atoms with Gasteiger partial charge in [-0.1, -0.05) is 11.6 Å². The highest BCUT2D eigenvalue weighted by Gasteiger charge is 2.49. The van der Waals surface area contributed by atoms with Crippen LogP contribution in [0.4, 0.5) is 0 Å². The minimum atomic E-state index is -0.104. The molecule has 4 heterocycles. The van der Waals surface area contributed by atoms with E-state index in [0.717, 1.165) is 18.5 Å². The average Bonchev–Trinajstić information content (AvgIpc) is 3.01. The van der Waals surface area contributed by atoms with Gasteiger partial charge in [-0.2, -0.15) is 0 Å². The summed E-state index contributed by atoms with van der Waals surface area (Å²) in [5.41, 5.74) is 1.81. The lowest BCUT2D eigenvalue weighted by Crippen LogP contribution is -2.43. The smallest absolute Gasteiger partial charge is 0.273 e. The molecule has 0 N–H and O–H groups in total. The number of fused-ring (bicyclic) bond motifs is 1. The van der Waals surface area contributed by atoms with Gasteiger partial charge < -0.3 is 9.64 Å². The summed E-state index contributed by atoms with van der Waals surface area (Å²) in [5, 5.41) is 0.572. The third-order valence-electron chi connectivity index (χ3n) is 6.21. The van der Waals surface area contributed by atoms with Gasteiger partial charge in [0.1, 0.15) is 12.3 Å². The summed E-state index contributed by atoms with van der Waals surface area (Å²) >= 11 is 6.05. The van der Waals surface area contributed by atoms with E-state index in [1.54, 1.807) is 36.8 Å². The van der Waals surface area contributed by atoms with Crippen molar-refractivity contribution in [2.45, 2.75) is 25.8 Å². The molecule has 0 radical (unpaired) electrons. The maximum atomic E-state index is 13.7. The Kier molecular flexibility index (Phi) is 5.28. The van der Waals surface area contributed by atoms with Crippen LogP contribution in [0, 0.1) is 18.8 Å². The van der Waals surface area contributed by atoms with Crippen LogP contribution in [0.25, 0.3) is 11.4 Å². The van der Waals surface area contributed by atoms with Crippen LogP contribution < -0.4 is 4.74 Å². The number of likely N-dealkylation sites (tertiary alicyclic amines) is 1. The lowest BCUT2D eigenvalue weighted by Gasteiger charge is -2.33. The Balaban J connectivity index is 1.43. The maximum Gasteiger partial charge on any atom is 0.273 e. The zero-order valence-corrected chi connectivity index (χ0v) is 17.9. The van der Waals surface area contributed by atoms with Crippen LogP contribution in [0.3, 0.4) is 0 Å². The van der Waals surface area contributed by atoms with Gasteiger partial charge in [0.25, 0.3) is 5.91 Å². The normalized spacial score (nSPS) is 22.0. The number of aryl methyl sites for hydroxylation is 1. The van der Waals surface area contributed by atoms with Crippen molar-refractivity contribution in [3.8, 4) is 17.3 Å². The lowest BCUT2D eigenvalue weighted by atomic mass is 9.73. The molecule has 1 saturated carbocycles. The summed E-state index contributed by atoms with van der Waals surface area (Å²) in [5.74, 6) is 1.80. The number of carbonyl (C=O) groups excluding carboxylic acids is 1. The molecule has 0 aromatic carbocycles. The van der Waals surface area contributed by atoms with Gasteiger partial charge in [0.15, 0.2) is 5.82 Å². The molecule has 1 aliphatic heterocycles. The summed E-state index contributed by atoms with van der Waals surface area (Å²) in [4.78, 5) is 33.1. The minimum Gasteiger partial charge on any atom is -0.475 e. The number of carbonyl (C=O) groups is 1. The second kappa shape index (κ2) is 8.23. The van der Waals surface area contributed by atoms with Crippen molar-refractivity contribution >= 4 is 17.5 Å². The van der Waals surface area contributed by atoms with Gasteiger partial charge >= 0.3 is 0 Å². The highest BCUT2D eigenvalue weighted by atomic mass is 35.5. The highest BCUT2D eigenvalue weighted by Crippen LogP contribution is 2.45. The first-order valence-corrected chi connectivity index (χ1v) is 10.8.